The Bertz CT molecular complexity index is 404. The van der Waals surface area contributed by atoms with E-state index < -0.39 is 0 Å². The van der Waals surface area contributed by atoms with Gasteiger partial charge in [-0.3, -0.25) is 4.90 Å². The second kappa shape index (κ2) is 4.67. The summed E-state index contributed by atoms with van der Waals surface area (Å²) in [4.78, 5) is 8.67. The van der Waals surface area contributed by atoms with Gasteiger partial charge in [0.15, 0.2) is 0 Å². The Balaban J connectivity index is 1.75. The van der Waals surface area contributed by atoms with Crippen LogP contribution in [0.4, 0.5) is 0 Å². The van der Waals surface area contributed by atoms with Crippen LogP contribution in [0.5, 0.6) is 0 Å². The van der Waals surface area contributed by atoms with Gasteiger partial charge in [-0.05, 0) is 32.7 Å². The molecule has 0 radical (unpaired) electrons. The number of fused-ring (bicyclic) bond motifs is 1. The lowest BCUT2D eigenvalue weighted by Crippen LogP contribution is -2.42. The number of nitrogens with zero attached hydrogens (tertiary/aromatic N) is 2. The van der Waals surface area contributed by atoms with E-state index in [4.69, 9.17) is 9.72 Å². The number of aromatic nitrogens is 1. The van der Waals surface area contributed by atoms with Crippen molar-refractivity contribution in [2.24, 2.45) is 0 Å². The molecule has 1 aromatic heterocycles. The molecule has 2 aliphatic heterocycles. The minimum atomic E-state index is 0.216. The number of morpholine rings is 1. The molecule has 0 spiro atoms. The molecule has 0 saturated carbocycles. The molecular weight excluding hydrogens is 232 g/mol. The van der Waals surface area contributed by atoms with E-state index in [1.165, 1.54) is 35.0 Å². The molecule has 2 saturated heterocycles. The minimum Gasteiger partial charge on any atom is -0.368 e. The van der Waals surface area contributed by atoms with Gasteiger partial charge in [-0.1, -0.05) is 6.92 Å². The molecule has 3 nitrogen and oxygen atoms in total. The van der Waals surface area contributed by atoms with Crippen LogP contribution in [0.2, 0.25) is 0 Å². The zero-order chi connectivity index (χ0) is 11.8. The molecular formula is C13H20N2OS. The summed E-state index contributed by atoms with van der Waals surface area (Å²) in [6, 6.07) is 0.679. The Morgan fingerprint density at radius 1 is 1.53 bits per heavy atom. The predicted octanol–water partition coefficient (Wildman–Crippen LogP) is 2.55. The minimum absolute atomic E-state index is 0.216. The van der Waals surface area contributed by atoms with Gasteiger partial charge in [0.25, 0.3) is 0 Å². The van der Waals surface area contributed by atoms with Gasteiger partial charge in [0.2, 0.25) is 0 Å². The number of hydrogen-bond donors (Lipinski definition) is 0. The van der Waals surface area contributed by atoms with Crippen LogP contribution in [0, 0.1) is 6.92 Å². The molecule has 2 unspecified atom stereocenters. The fraction of sp³-hybridized carbons (Fsp3) is 0.769. The molecule has 2 atom stereocenters. The van der Waals surface area contributed by atoms with Gasteiger partial charge in [-0.15, -0.1) is 11.3 Å². The van der Waals surface area contributed by atoms with Crippen LogP contribution in [-0.4, -0.2) is 35.6 Å². The summed E-state index contributed by atoms with van der Waals surface area (Å²) in [5.41, 5.74) is 1.25. The van der Waals surface area contributed by atoms with Gasteiger partial charge in [-0.2, -0.15) is 0 Å². The first kappa shape index (κ1) is 11.6. The van der Waals surface area contributed by atoms with E-state index >= 15 is 0 Å². The second-order valence-corrected chi connectivity index (χ2v) is 6.26. The summed E-state index contributed by atoms with van der Waals surface area (Å²) in [7, 11) is 0. The Morgan fingerprint density at radius 2 is 2.41 bits per heavy atom. The monoisotopic (exact) mass is 252 g/mol. The van der Waals surface area contributed by atoms with Gasteiger partial charge in [-0.25, -0.2) is 4.98 Å². The first-order valence-corrected chi connectivity index (χ1v) is 7.41. The van der Waals surface area contributed by atoms with Crippen molar-refractivity contribution in [3.8, 4) is 0 Å². The summed E-state index contributed by atoms with van der Waals surface area (Å²) < 4.78 is 6.00. The van der Waals surface area contributed by atoms with Gasteiger partial charge < -0.3 is 4.74 Å². The number of aryl methyl sites for hydroxylation is 2. The molecule has 0 aliphatic carbocycles. The number of rotatable bonds is 2. The maximum Gasteiger partial charge on any atom is 0.123 e. The van der Waals surface area contributed by atoms with Crippen LogP contribution in [0.15, 0.2) is 0 Å². The maximum atomic E-state index is 6.00. The number of thiazole rings is 1. The Morgan fingerprint density at radius 3 is 3.18 bits per heavy atom. The SMILES string of the molecule is CCc1nc(C2CN3CCCC3CO2)sc1C. The van der Waals surface area contributed by atoms with Crippen molar-refractivity contribution in [2.75, 3.05) is 19.7 Å². The molecule has 3 heterocycles. The van der Waals surface area contributed by atoms with E-state index in [2.05, 4.69) is 18.7 Å². The highest BCUT2D eigenvalue weighted by Crippen LogP contribution is 2.32. The Kier molecular flexibility index (Phi) is 3.19. The molecule has 94 valence electrons. The van der Waals surface area contributed by atoms with Crippen LogP contribution >= 0.6 is 11.3 Å². The molecule has 2 fully saturated rings. The third-order valence-corrected chi connectivity index (χ3v) is 5.01. The van der Waals surface area contributed by atoms with E-state index in [1.807, 2.05) is 11.3 Å². The van der Waals surface area contributed by atoms with Crippen molar-refractivity contribution in [3.05, 3.63) is 15.6 Å². The van der Waals surface area contributed by atoms with Gasteiger partial charge in [0, 0.05) is 17.5 Å². The zero-order valence-electron chi connectivity index (χ0n) is 10.6. The van der Waals surface area contributed by atoms with Crippen molar-refractivity contribution < 1.29 is 4.74 Å². The van der Waals surface area contributed by atoms with Crippen LogP contribution in [0.1, 0.15) is 41.4 Å². The molecule has 1 aromatic rings. The smallest absolute Gasteiger partial charge is 0.123 e. The summed E-state index contributed by atoms with van der Waals surface area (Å²) >= 11 is 1.82. The van der Waals surface area contributed by atoms with E-state index in [9.17, 15) is 0 Å². The van der Waals surface area contributed by atoms with Crippen LogP contribution in [-0.2, 0) is 11.2 Å². The summed E-state index contributed by atoms with van der Waals surface area (Å²) in [5.74, 6) is 0. The topological polar surface area (TPSA) is 25.4 Å². The fourth-order valence-corrected chi connectivity index (χ4v) is 3.93. The van der Waals surface area contributed by atoms with Crippen molar-refractivity contribution in [3.63, 3.8) is 0 Å². The van der Waals surface area contributed by atoms with Crippen LogP contribution in [0.25, 0.3) is 0 Å². The molecule has 17 heavy (non-hydrogen) atoms. The highest BCUT2D eigenvalue weighted by atomic mass is 32.1. The zero-order valence-corrected chi connectivity index (χ0v) is 11.4. The highest BCUT2D eigenvalue weighted by Gasteiger charge is 2.34. The van der Waals surface area contributed by atoms with Crippen molar-refractivity contribution in [1.82, 2.24) is 9.88 Å². The number of hydrogen-bond acceptors (Lipinski definition) is 4. The fourth-order valence-electron chi connectivity index (χ4n) is 2.88. The summed E-state index contributed by atoms with van der Waals surface area (Å²) in [5, 5.41) is 1.18. The van der Waals surface area contributed by atoms with Gasteiger partial charge in [0.05, 0.1) is 12.3 Å². The third-order valence-electron chi connectivity index (χ3n) is 3.91. The first-order chi connectivity index (χ1) is 8.28. The maximum absolute atomic E-state index is 6.00. The van der Waals surface area contributed by atoms with Crippen LogP contribution < -0.4 is 0 Å². The largest absolute Gasteiger partial charge is 0.368 e. The molecule has 0 N–H and O–H groups in total. The Hall–Kier alpha value is -0.450. The average molecular weight is 252 g/mol. The van der Waals surface area contributed by atoms with Crippen LogP contribution in [0.3, 0.4) is 0 Å². The van der Waals surface area contributed by atoms with Crippen molar-refractivity contribution in [2.45, 2.75) is 45.3 Å². The van der Waals surface area contributed by atoms with E-state index in [-0.39, 0.29) is 6.10 Å². The van der Waals surface area contributed by atoms with Gasteiger partial charge >= 0.3 is 0 Å². The molecule has 2 aliphatic rings. The molecule has 0 amide bonds. The lowest BCUT2D eigenvalue weighted by molar-refractivity contribution is -0.0502. The first-order valence-electron chi connectivity index (χ1n) is 6.59. The molecule has 0 aromatic carbocycles. The second-order valence-electron chi connectivity index (χ2n) is 5.02. The van der Waals surface area contributed by atoms with Gasteiger partial charge in [0.1, 0.15) is 11.1 Å². The highest BCUT2D eigenvalue weighted by molar-refractivity contribution is 7.11. The third kappa shape index (κ3) is 2.14. The van der Waals surface area contributed by atoms with E-state index in [1.54, 1.807) is 0 Å². The Labute approximate surface area is 107 Å². The predicted molar refractivity (Wildman–Crippen MR) is 69.5 cm³/mol. The standard InChI is InChI=1S/C13H20N2OS/c1-3-11-9(2)17-13(14-11)12-7-15-6-4-5-10(15)8-16-12/h10,12H,3-8H2,1-2H3. The number of ether oxygens (including phenoxy) is 1. The van der Waals surface area contributed by atoms with E-state index in [0.717, 1.165) is 19.6 Å². The van der Waals surface area contributed by atoms with E-state index in [0.29, 0.717) is 6.04 Å². The lowest BCUT2D eigenvalue weighted by Gasteiger charge is -2.34. The van der Waals surface area contributed by atoms with Crippen molar-refractivity contribution in [1.29, 1.82) is 0 Å². The van der Waals surface area contributed by atoms with Crippen molar-refractivity contribution >= 4 is 11.3 Å². The normalized spacial score (nSPS) is 29.5. The molecule has 0 bridgehead atoms. The summed E-state index contributed by atoms with van der Waals surface area (Å²) in [6.45, 7) is 7.52. The quantitative estimate of drug-likeness (QED) is 0.809. The summed E-state index contributed by atoms with van der Waals surface area (Å²) in [6.07, 6.45) is 3.89. The average Bonchev–Trinajstić information content (AvgIpc) is 2.93. The lowest BCUT2D eigenvalue weighted by atomic mass is 10.2. The molecule has 3 rings (SSSR count). The molecule has 4 heteroatoms.